The van der Waals surface area contributed by atoms with Gasteiger partial charge in [0.1, 0.15) is 5.58 Å². The molecule has 0 N–H and O–H groups in total. The van der Waals surface area contributed by atoms with E-state index < -0.39 is 11.3 Å². The molecule has 2 aromatic carbocycles. The fourth-order valence-corrected chi connectivity index (χ4v) is 2.10. The van der Waals surface area contributed by atoms with E-state index in [1.54, 1.807) is 42.5 Å². The molecule has 0 fully saturated rings. The largest absolute Gasteiger partial charge is 0.426 e. The minimum atomic E-state index is -0.731. The molecule has 0 saturated carbocycles. The Balaban J connectivity index is 2.42. The van der Waals surface area contributed by atoms with Crippen molar-refractivity contribution in [3.63, 3.8) is 0 Å². The van der Waals surface area contributed by atoms with Gasteiger partial charge in [0.05, 0.1) is 11.1 Å². The third-order valence-corrected chi connectivity index (χ3v) is 3.00. The van der Waals surface area contributed by atoms with Crippen LogP contribution in [0.4, 0.5) is 0 Å². The zero-order valence-electron chi connectivity index (χ0n) is 9.67. The zero-order valence-corrected chi connectivity index (χ0v) is 10.4. The molecule has 0 amide bonds. The Bertz CT molecular complexity index is 879. The van der Waals surface area contributed by atoms with E-state index in [-0.39, 0.29) is 5.58 Å². The molecule has 0 saturated heterocycles. The second kappa shape index (κ2) is 4.40. The van der Waals surface area contributed by atoms with Gasteiger partial charge in [-0.15, -0.1) is 0 Å². The molecule has 0 aliphatic heterocycles. The van der Waals surface area contributed by atoms with Crippen molar-refractivity contribution in [1.29, 1.82) is 0 Å². The minimum Gasteiger partial charge on any atom is -0.409 e. The number of rotatable bonds is 1. The molecule has 3 rings (SSSR count). The second-order valence-corrected chi connectivity index (χ2v) is 4.42. The van der Waals surface area contributed by atoms with Gasteiger partial charge in [-0.25, -0.2) is 9.36 Å². The van der Waals surface area contributed by atoms with Crippen LogP contribution >= 0.6 is 11.6 Å². The van der Waals surface area contributed by atoms with Crippen LogP contribution in [0.15, 0.2) is 62.5 Å². The maximum absolute atomic E-state index is 12.3. The number of halogens is 1. The first kappa shape index (κ1) is 11.7. The standard InChI is InChI=1S/C14H8ClNO3/c15-9-4-3-5-10(8-9)16-13(17)11-6-1-2-7-12(11)19-14(16)18/h1-8H. The molecule has 4 nitrogen and oxygen atoms in total. The number of benzene rings is 2. The Labute approximate surface area is 112 Å². The summed E-state index contributed by atoms with van der Waals surface area (Å²) in [6.07, 6.45) is 0. The maximum atomic E-state index is 12.3. The third kappa shape index (κ3) is 1.96. The minimum absolute atomic E-state index is 0.274. The number of aromatic nitrogens is 1. The molecule has 0 unspecified atom stereocenters. The van der Waals surface area contributed by atoms with Crippen LogP contribution < -0.4 is 11.3 Å². The Morgan fingerprint density at radius 3 is 2.58 bits per heavy atom. The lowest BCUT2D eigenvalue weighted by Gasteiger charge is -2.05. The number of hydrogen-bond donors (Lipinski definition) is 0. The number of hydrogen-bond acceptors (Lipinski definition) is 3. The van der Waals surface area contributed by atoms with Crippen molar-refractivity contribution in [3.05, 3.63) is 74.5 Å². The van der Waals surface area contributed by atoms with Gasteiger partial charge in [-0.3, -0.25) is 4.79 Å². The normalized spacial score (nSPS) is 10.8. The topological polar surface area (TPSA) is 52.2 Å². The number of nitrogens with zero attached hydrogens (tertiary/aromatic N) is 1. The Hall–Kier alpha value is -2.33. The quantitative estimate of drug-likeness (QED) is 0.685. The highest BCUT2D eigenvalue weighted by Crippen LogP contribution is 2.13. The Morgan fingerprint density at radius 1 is 1.00 bits per heavy atom. The first-order chi connectivity index (χ1) is 9.16. The van der Waals surface area contributed by atoms with Crippen molar-refractivity contribution < 1.29 is 4.42 Å². The van der Waals surface area contributed by atoms with Crippen molar-refractivity contribution >= 4 is 22.6 Å². The van der Waals surface area contributed by atoms with Gasteiger partial charge in [0, 0.05) is 5.02 Å². The summed E-state index contributed by atoms with van der Waals surface area (Å²) in [6.45, 7) is 0. The molecular formula is C14H8ClNO3. The monoisotopic (exact) mass is 273 g/mol. The van der Waals surface area contributed by atoms with Crippen LogP contribution in [0.3, 0.4) is 0 Å². The van der Waals surface area contributed by atoms with E-state index in [1.165, 1.54) is 6.07 Å². The lowest BCUT2D eigenvalue weighted by atomic mass is 10.2. The summed E-state index contributed by atoms with van der Waals surface area (Å²) < 4.78 is 6.10. The molecule has 1 heterocycles. The lowest BCUT2D eigenvalue weighted by Crippen LogP contribution is -2.30. The highest BCUT2D eigenvalue weighted by Gasteiger charge is 2.10. The van der Waals surface area contributed by atoms with Crippen LogP contribution in [0.1, 0.15) is 0 Å². The van der Waals surface area contributed by atoms with Gasteiger partial charge in [0.15, 0.2) is 0 Å². The molecule has 0 aliphatic carbocycles. The highest BCUT2D eigenvalue weighted by molar-refractivity contribution is 6.30. The average molecular weight is 274 g/mol. The Morgan fingerprint density at radius 2 is 1.79 bits per heavy atom. The van der Waals surface area contributed by atoms with Crippen molar-refractivity contribution in [2.75, 3.05) is 0 Å². The van der Waals surface area contributed by atoms with Crippen LogP contribution in [-0.2, 0) is 0 Å². The van der Waals surface area contributed by atoms with E-state index in [2.05, 4.69) is 0 Å². The van der Waals surface area contributed by atoms with Gasteiger partial charge in [0.25, 0.3) is 5.56 Å². The van der Waals surface area contributed by atoms with E-state index in [9.17, 15) is 9.59 Å². The molecule has 19 heavy (non-hydrogen) atoms. The molecule has 0 bridgehead atoms. The summed E-state index contributed by atoms with van der Waals surface area (Å²) >= 11 is 5.87. The second-order valence-electron chi connectivity index (χ2n) is 3.98. The molecule has 0 spiro atoms. The van der Waals surface area contributed by atoms with Gasteiger partial charge in [-0.1, -0.05) is 29.8 Å². The Kier molecular flexibility index (Phi) is 2.72. The molecule has 3 aromatic rings. The highest BCUT2D eigenvalue weighted by atomic mass is 35.5. The van der Waals surface area contributed by atoms with E-state index >= 15 is 0 Å². The molecular weight excluding hydrogens is 266 g/mol. The zero-order chi connectivity index (χ0) is 13.4. The SMILES string of the molecule is O=c1oc2ccccc2c(=O)n1-c1cccc(Cl)c1. The van der Waals surface area contributed by atoms with Gasteiger partial charge in [0.2, 0.25) is 0 Å². The summed E-state index contributed by atoms with van der Waals surface area (Å²) in [5.74, 6) is -0.731. The molecule has 0 radical (unpaired) electrons. The first-order valence-electron chi connectivity index (χ1n) is 5.58. The van der Waals surface area contributed by atoms with E-state index in [4.69, 9.17) is 16.0 Å². The van der Waals surface area contributed by atoms with Crippen LogP contribution in [-0.4, -0.2) is 4.57 Å². The van der Waals surface area contributed by atoms with E-state index in [1.807, 2.05) is 0 Å². The number of para-hydroxylation sites is 1. The van der Waals surface area contributed by atoms with Crippen LogP contribution in [0.25, 0.3) is 16.7 Å². The van der Waals surface area contributed by atoms with Crippen molar-refractivity contribution in [3.8, 4) is 5.69 Å². The van der Waals surface area contributed by atoms with E-state index in [0.29, 0.717) is 16.1 Å². The van der Waals surface area contributed by atoms with Crippen molar-refractivity contribution in [2.45, 2.75) is 0 Å². The maximum Gasteiger partial charge on any atom is 0.426 e. The van der Waals surface area contributed by atoms with Crippen LogP contribution in [0, 0.1) is 0 Å². The van der Waals surface area contributed by atoms with Gasteiger partial charge >= 0.3 is 5.76 Å². The predicted molar refractivity (Wildman–Crippen MR) is 73.1 cm³/mol. The number of fused-ring (bicyclic) bond motifs is 1. The fourth-order valence-electron chi connectivity index (χ4n) is 1.91. The molecule has 5 heteroatoms. The van der Waals surface area contributed by atoms with Crippen LogP contribution in [0.2, 0.25) is 5.02 Å². The van der Waals surface area contributed by atoms with Gasteiger partial charge in [-0.2, -0.15) is 0 Å². The molecule has 94 valence electrons. The van der Waals surface area contributed by atoms with Crippen LogP contribution in [0.5, 0.6) is 0 Å². The molecule has 0 aliphatic rings. The smallest absolute Gasteiger partial charge is 0.409 e. The van der Waals surface area contributed by atoms with Crippen molar-refractivity contribution in [2.24, 2.45) is 0 Å². The average Bonchev–Trinajstić information content (AvgIpc) is 2.39. The summed E-state index contributed by atoms with van der Waals surface area (Å²) in [7, 11) is 0. The van der Waals surface area contributed by atoms with Crippen molar-refractivity contribution in [1.82, 2.24) is 4.57 Å². The summed E-state index contributed by atoms with van der Waals surface area (Å²) in [4.78, 5) is 24.2. The summed E-state index contributed by atoms with van der Waals surface area (Å²) in [5, 5.41) is 0.791. The van der Waals surface area contributed by atoms with Gasteiger partial charge < -0.3 is 4.42 Å². The van der Waals surface area contributed by atoms with E-state index in [0.717, 1.165) is 4.57 Å². The summed E-state index contributed by atoms with van der Waals surface area (Å²) in [5.41, 5.74) is 0.238. The molecule has 1 aromatic heterocycles. The fraction of sp³-hybridized carbons (Fsp3) is 0. The molecule has 0 atom stereocenters. The summed E-state index contributed by atoms with van der Waals surface area (Å²) in [6, 6.07) is 13.1. The first-order valence-corrected chi connectivity index (χ1v) is 5.95. The van der Waals surface area contributed by atoms with Gasteiger partial charge in [-0.05, 0) is 30.3 Å². The predicted octanol–water partition coefficient (Wildman–Crippen LogP) is 2.60. The third-order valence-electron chi connectivity index (χ3n) is 2.77. The lowest BCUT2D eigenvalue weighted by molar-refractivity contribution is 0.504.